The van der Waals surface area contributed by atoms with Crippen LogP contribution in [0, 0.1) is 0 Å². The highest BCUT2D eigenvalue weighted by Crippen LogP contribution is 2.41. The zero-order valence-corrected chi connectivity index (χ0v) is 10.0. The van der Waals surface area contributed by atoms with Gasteiger partial charge < -0.3 is 9.47 Å². The summed E-state index contributed by atoms with van der Waals surface area (Å²) in [5, 5.41) is 0. The Morgan fingerprint density at radius 2 is 1.22 bits per heavy atom. The highest BCUT2D eigenvalue weighted by atomic mass is 16.7. The van der Waals surface area contributed by atoms with Crippen LogP contribution in [0.4, 0.5) is 0 Å². The van der Waals surface area contributed by atoms with Gasteiger partial charge in [0.05, 0.1) is 19.1 Å². The van der Waals surface area contributed by atoms with Gasteiger partial charge in [-0.05, 0) is 22.3 Å². The van der Waals surface area contributed by atoms with Gasteiger partial charge in [-0.15, -0.1) is 0 Å². The quantitative estimate of drug-likeness (QED) is 0.701. The first-order chi connectivity index (χ1) is 8.93. The van der Waals surface area contributed by atoms with Crippen LogP contribution in [-0.4, -0.2) is 6.29 Å². The molecule has 0 radical (unpaired) electrons. The summed E-state index contributed by atoms with van der Waals surface area (Å²) in [7, 11) is 0. The maximum absolute atomic E-state index is 5.84. The average molecular weight is 238 g/mol. The zero-order chi connectivity index (χ0) is 11.9. The molecule has 0 bridgehead atoms. The topological polar surface area (TPSA) is 18.5 Å². The molecule has 0 saturated carbocycles. The number of fused-ring (bicyclic) bond motifs is 5. The molecule has 0 fully saturated rings. The lowest BCUT2D eigenvalue weighted by molar-refractivity contribution is -0.179. The number of hydrogen-bond donors (Lipinski definition) is 0. The second-order valence-electron chi connectivity index (χ2n) is 4.87. The summed E-state index contributed by atoms with van der Waals surface area (Å²) >= 11 is 0. The molecule has 18 heavy (non-hydrogen) atoms. The highest BCUT2D eigenvalue weighted by molar-refractivity contribution is 5.44. The maximum atomic E-state index is 5.84. The van der Waals surface area contributed by atoms with Crippen molar-refractivity contribution >= 4 is 0 Å². The molecule has 2 heteroatoms. The molecule has 4 rings (SSSR count). The van der Waals surface area contributed by atoms with Crippen molar-refractivity contribution in [1.29, 1.82) is 0 Å². The molecule has 2 heterocycles. The normalized spacial score (nSPS) is 24.9. The zero-order valence-electron chi connectivity index (χ0n) is 10.0. The second kappa shape index (κ2) is 3.94. The lowest BCUT2D eigenvalue weighted by atomic mass is 9.82. The molecule has 0 N–H and O–H groups in total. The van der Waals surface area contributed by atoms with Crippen LogP contribution in [0.1, 0.15) is 28.2 Å². The molecule has 0 aliphatic carbocycles. The minimum absolute atomic E-state index is 0.130. The number of hydrogen-bond acceptors (Lipinski definition) is 2. The van der Waals surface area contributed by atoms with Crippen LogP contribution >= 0.6 is 0 Å². The van der Waals surface area contributed by atoms with Crippen LogP contribution in [0.15, 0.2) is 48.5 Å². The molecule has 0 unspecified atom stereocenters. The van der Waals surface area contributed by atoms with E-state index in [-0.39, 0.29) is 12.2 Å². The Morgan fingerprint density at radius 3 is 1.78 bits per heavy atom. The van der Waals surface area contributed by atoms with E-state index in [9.17, 15) is 0 Å². The third kappa shape index (κ3) is 1.43. The predicted molar refractivity (Wildman–Crippen MR) is 68.1 cm³/mol. The van der Waals surface area contributed by atoms with Crippen LogP contribution in [0.5, 0.6) is 0 Å². The largest absolute Gasteiger partial charge is 0.347 e. The molecule has 0 aromatic heterocycles. The van der Waals surface area contributed by atoms with Gasteiger partial charge in [0, 0.05) is 0 Å². The van der Waals surface area contributed by atoms with Crippen LogP contribution < -0.4 is 0 Å². The minimum Gasteiger partial charge on any atom is -0.347 e. The van der Waals surface area contributed by atoms with Gasteiger partial charge in [-0.3, -0.25) is 0 Å². The first-order valence-corrected chi connectivity index (χ1v) is 6.32. The maximum Gasteiger partial charge on any atom is 0.169 e. The van der Waals surface area contributed by atoms with Gasteiger partial charge in [0.25, 0.3) is 0 Å². The van der Waals surface area contributed by atoms with Gasteiger partial charge in [0.1, 0.15) is 0 Å². The standard InChI is InChI=1S/C16H14O2/c1-3-7-13-11(5-1)9-17-16-15(13)14-8-4-2-6-12(14)10-18-16/h1-8,15-16H,9-10H2. The van der Waals surface area contributed by atoms with Crippen molar-refractivity contribution in [2.75, 3.05) is 0 Å². The molecular weight excluding hydrogens is 224 g/mol. The molecular formula is C16H14O2. The highest BCUT2D eigenvalue weighted by Gasteiger charge is 2.36. The average Bonchev–Trinajstić information content (AvgIpc) is 2.46. The molecule has 2 aliphatic heterocycles. The van der Waals surface area contributed by atoms with E-state index in [1.165, 1.54) is 22.3 Å². The van der Waals surface area contributed by atoms with Crippen LogP contribution in [0.3, 0.4) is 0 Å². The number of rotatable bonds is 0. The van der Waals surface area contributed by atoms with Crippen molar-refractivity contribution < 1.29 is 9.47 Å². The van der Waals surface area contributed by atoms with E-state index in [4.69, 9.17) is 9.47 Å². The molecule has 90 valence electrons. The molecule has 0 amide bonds. The summed E-state index contributed by atoms with van der Waals surface area (Å²) in [5.41, 5.74) is 5.25. The Bertz CT molecular complexity index is 540. The van der Waals surface area contributed by atoms with Crippen LogP contribution in [-0.2, 0) is 22.7 Å². The number of ether oxygens (including phenoxy) is 2. The van der Waals surface area contributed by atoms with Gasteiger partial charge >= 0.3 is 0 Å². The van der Waals surface area contributed by atoms with Crippen molar-refractivity contribution in [2.45, 2.75) is 25.4 Å². The molecule has 0 saturated heterocycles. The summed E-state index contributed by atoms with van der Waals surface area (Å²) in [6, 6.07) is 17.0. The molecule has 2 aliphatic rings. The fourth-order valence-electron chi connectivity index (χ4n) is 2.98. The Hall–Kier alpha value is -1.64. The van der Waals surface area contributed by atoms with Gasteiger partial charge in [-0.1, -0.05) is 48.5 Å². The van der Waals surface area contributed by atoms with Crippen LogP contribution in [0.25, 0.3) is 0 Å². The predicted octanol–water partition coefficient (Wildman–Crippen LogP) is 3.21. The Balaban J connectivity index is 1.91. The third-order valence-corrected chi connectivity index (χ3v) is 3.86. The Morgan fingerprint density at radius 1 is 0.722 bits per heavy atom. The lowest BCUT2D eigenvalue weighted by Gasteiger charge is -2.38. The first kappa shape index (κ1) is 10.3. The van der Waals surface area contributed by atoms with E-state index in [0.29, 0.717) is 13.2 Å². The minimum atomic E-state index is -0.130. The fraction of sp³-hybridized carbons (Fsp3) is 0.250. The van der Waals surface area contributed by atoms with Gasteiger partial charge in [-0.2, -0.15) is 0 Å². The van der Waals surface area contributed by atoms with Crippen molar-refractivity contribution in [1.82, 2.24) is 0 Å². The first-order valence-electron chi connectivity index (χ1n) is 6.32. The van der Waals surface area contributed by atoms with Crippen molar-refractivity contribution in [3.05, 3.63) is 70.8 Å². The summed E-state index contributed by atoms with van der Waals surface area (Å²) < 4.78 is 11.7. The van der Waals surface area contributed by atoms with E-state index in [1.54, 1.807) is 0 Å². The summed E-state index contributed by atoms with van der Waals surface area (Å²) in [6.45, 7) is 1.30. The molecule has 2 aromatic carbocycles. The number of benzene rings is 2. The van der Waals surface area contributed by atoms with E-state index in [2.05, 4.69) is 48.5 Å². The smallest absolute Gasteiger partial charge is 0.169 e. The van der Waals surface area contributed by atoms with E-state index < -0.39 is 0 Å². The van der Waals surface area contributed by atoms with Crippen molar-refractivity contribution in [3.8, 4) is 0 Å². The van der Waals surface area contributed by atoms with E-state index in [0.717, 1.165) is 0 Å². The SMILES string of the molecule is c1ccc2c(c1)COC1OCc3ccccc3C21. The Labute approximate surface area is 106 Å². The van der Waals surface area contributed by atoms with Gasteiger partial charge in [0.15, 0.2) is 6.29 Å². The summed E-state index contributed by atoms with van der Waals surface area (Å²) in [5.74, 6) is 0.222. The lowest BCUT2D eigenvalue weighted by Crippen LogP contribution is -2.34. The van der Waals surface area contributed by atoms with E-state index >= 15 is 0 Å². The molecule has 0 spiro atoms. The summed E-state index contributed by atoms with van der Waals surface area (Å²) in [6.07, 6.45) is -0.130. The van der Waals surface area contributed by atoms with Crippen molar-refractivity contribution in [3.63, 3.8) is 0 Å². The summed E-state index contributed by atoms with van der Waals surface area (Å²) in [4.78, 5) is 0. The van der Waals surface area contributed by atoms with Gasteiger partial charge in [-0.25, -0.2) is 0 Å². The molecule has 2 aromatic rings. The van der Waals surface area contributed by atoms with Gasteiger partial charge in [0.2, 0.25) is 0 Å². The fourth-order valence-corrected chi connectivity index (χ4v) is 2.98. The monoisotopic (exact) mass is 238 g/mol. The molecule has 2 nitrogen and oxygen atoms in total. The second-order valence-corrected chi connectivity index (χ2v) is 4.87. The third-order valence-electron chi connectivity index (χ3n) is 3.86. The van der Waals surface area contributed by atoms with Crippen molar-refractivity contribution in [2.24, 2.45) is 0 Å². The molecule has 0 atom stereocenters. The Kier molecular flexibility index (Phi) is 2.25. The van der Waals surface area contributed by atoms with Crippen LogP contribution in [0.2, 0.25) is 0 Å². The van der Waals surface area contributed by atoms with E-state index in [1.807, 2.05) is 0 Å².